The van der Waals surface area contributed by atoms with Gasteiger partial charge in [-0.1, -0.05) is 0 Å². The van der Waals surface area contributed by atoms with Gasteiger partial charge in [-0.15, -0.1) is 5.53 Å². The Bertz CT molecular complexity index is 1150. The Balaban J connectivity index is 1.19. The van der Waals surface area contributed by atoms with Crippen molar-refractivity contribution >= 4 is 11.8 Å². The molecule has 0 aromatic carbocycles. The molecular weight excluding hydrogens is 854 g/mol. The summed E-state index contributed by atoms with van der Waals surface area (Å²) in [6, 6.07) is -0.999. The smallest absolute Gasteiger partial charge is 0.220 e. The van der Waals surface area contributed by atoms with Gasteiger partial charge in [0.25, 0.3) is 0 Å². The molecule has 0 saturated carbocycles. The number of ether oxygens (including phenoxy) is 13. The maximum atomic E-state index is 12.1. The average molecular weight is 932 g/mol. The zero-order chi connectivity index (χ0) is 46.1. The van der Waals surface area contributed by atoms with Crippen molar-refractivity contribution in [3.63, 3.8) is 0 Å². The predicted molar refractivity (Wildman–Crippen MR) is 225 cm³/mol. The Morgan fingerprint density at radius 3 is 1.47 bits per heavy atom. The molecule has 0 radical (unpaired) electrons. The molecule has 1 saturated heterocycles. The summed E-state index contributed by atoms with van der Waals surface area (Å²) in [4.78, 5) is 23.6. The molecule has 0 aromatic rings. The first-order valence-electron chi connectivity index (χ1n) is 22.1. The standard InChI is InChI=1S/C40H77N5O19/c1-33(48)42-37-39(51)38(50)35(32-47)64-40(37)63-7-3-2-4-36(49)41-5-8-52-10-12-54-14-16-56-18-20-58-22-24-60-26-28-62-29-27-61-25-23-59-21-19-57-17-15-55-13-11-53-9-6-45-30-34(31-46)43-44-45/h30,35,37-40,43-44,46-47,50-51H,2-29,31-32H2,1H3,(H,41,49)(H,42,48). The zero-order valence-corrected chi connectivity index (χ0v) is 37.5. The predicted octanol–water partition coefficient (Wildman–Crippen LogP) is -3.43. The number of hydrogen-bond acceptors (Lipinski definition) is 22. The number of hydrazine groups is 2. The van der Waals surface area contributed by atoms with Crippen LogP contribution in [-0.2, 0) is 71.2 Å². The van der Waals surface area contributed by atoms with Crippen LogP contribution in [0.1, 0.15) is 26.2 Å². The van der Waals surface area contributed by atoms with Crippen molar-refractivity contribution in [1.82, 2.24) is 26.6 Å². The number of unbranched alkanes of at least 4 members (excludes halogenated alkanes) is 1. The summed E-state index contributed by atoms with van der Waals surface area (Å²) >= 11 is 0. The fourth-order valence-electron chi connectivity index (χ4n) is 5.61. The lowest BCUT2D eigenvalue weighted by molar-refractivity contribution is -0.270. The highest BCUT2D eigenvalue weighted by molar-refractivity contribution is 5.75. The highest BCUT2D eigenvalue weighted by atomic mass is 16.7. The number of hydrogen-bond donors (Lipinski definition) is 8. The molecule has 0 spiro atoms. The summed E-state index contributed by atoms with van der Waals surface area (Å²) in [6.45, 7) is 12.0. The Kier molecular flexibility index (Phi) is 36.8. The number of nitrogens with one attached hydrogen (secondary N) is 4. The molecule has 2 aliphatic heterocycles. The van der Waals surface area contributed by atoms with Crippen molar-refractivity contribution in [3.8, 4) is 0 Å². The molecule has 2 amide bonds. The van der Waals surface area contributed by atoms with E-state index in [1.54, 1.807) is 11.2 Å². The van der Waals surface area contributed by atoms with Crippen molar-refractivity contribution in [3.05, 3.63) is 11.9 Å². The van der Waals surface area contributed by atoms with Crippen LogP contribution in [0.3, 0.4) is 0 Å². The number of carbonyl (C=O) groups excluding carboxylic acids is 2. The van der Waals surface area contributed by atoms with Crippen LogP contribution < -0.4 is 21.6 Å². The molecule has 376 valence electrons. The molecule has 2 heterocycles. The largest absolute Gasteiger partial charge is 0.394 e. The van der Waals surface area contributed by atoms with Gasteiger partial charge in [0.2, 0.25) is 11.8 Å². The molecule has 0 aromatic heterocycles. The van der Waals surface area contributed by atoms with Gasteiger partial charge in [0, 0.05) is 32.7 Å². The van der Waals surface area contributed by atoms with Crippen LogP contribution in [0.5, 0.6) is 0 Å². The van der Waals surface area contributed by atoms with Crippen LogP contribution in [-0.4, -0.2) is 246 Å². The lowest BCUT2D eigenvalue weighted by Crippen LogP contribution is -2.64. The molecule has 0 aliphatic carbocycles. The van der Waals surface area contributed by atoms with Gasteiger partial charge in [-0.3, -0.25) is 14.6 Å². The van der Waals surface area contributed by atoms with E-state index in [2.05, 4.69) is 21.6 Å². The van der Waals surface area contributed by atoms with Gasteiger partial charge in [0.05, 0.1) is 171 Å². The number of aliphatic hydroxyl groups excluding tert-OH is 4. The normalized spacial score (nSPS) is 19.8. The summed E-state index contributed by atoms with van der Waals surface area (Å²) in [7, 11) is 0. The van der Waals surface area contributed by atoms with Crippen molar-refractivity contribution in [2.45, 2.75) is 56.8 Å². The van der Waals surface area contributed by atoms with E-state index in [-0.39, 0.29) is 25.5 Å². The molecular formula is C40H77N5O19. The minimum atomic E-state index is -1.38. The van der Waals surface area contributed by atoms with E-state index in [0.29, 0.717) is 177 Å². The van der Waals surface area contributed by atoms with E-state index >= 15 is 0 Å². The topological polar surface area (TPSA) is 286 Å². The van der Waals surface area contributed by atoms with Crippen molar-refractivity contribution < 1.29 is 91.6 Å². The SMILES string of the molecule is CC(=O)NC1C(OCCCCC(=O)NCCOCCOCCOCCOCCOCCOCCOCCOCCOCCOCCOCCN2C=C(CO)NN2)OC(CO)C(O)C1O. The van der Waals surface area contributed by atoms with Crippen LogP contribution in [0, 0.1) is 0 Å². The first kappa shape index (κ1) is 57.7. The Labute approximate surface area is 376 Å². The Hall–Kier alpha value is -2.44. The molecule has 2 rings (SSSR count). The Morgan fingerprint density at radius 1 is 0.625 bits per heavy atom. The maximum absolute atomic E-state index is 12.1. The van der Waals surface area contributed by atoms with Crippen molar-refractivity contribution in [2.75, 3.05) is 178 Å². The van der Waals surface area contributed by atoms with E-state index in [1.165, 1.54) is 6.92 Å². The lowest BCUT2D eigenvalue weighted by atomic mass is 9.97. The minimum Gasteiger partial charge on any atom is -0.394 e. The third-order valence-corrected chi connectivity index (χ3v) is 8.94. The quantitative estimate of drug-likeness (QED) is 0.0276. The van der Waals surface area contributed by atoms with E-state index in [9.17, 15) is 24.9 Å². The number of rotatable bonds is 45. The van der Waals surface area contributed by atoms with Gasteiger partial charge in [-0.2, -0.15) is 0 Å². The van der Waals surface area contributed by atoms with Crippen molar-refractivity contribution in [1.29, 1.82) is 0 Å². The van der Waals surface area contributed by atoms with Gasteiger partial charge in [0.15, 0.2) is 6.29 Å². The molecule has 0 bridgehead atoms. The Morgan fingerprint density at radius 2 is 1.06 bits per heavy atom. The monoisotopic (exact) mass is 932 g/mol. The van der Waals surface area contributed by atoms with Gasteiger partial charge in [-0.05, 0) is 12.8 Å². The fraction of sp³-hybridized carbons (Fsp3) is 0.900. The average Bonchev–Trinajstić information content (AvgIpc) is 3.76. The van der Waals surface area contributed by atoms with Crippen LogP contribution >= 0.6 is 0 Å². The molecule has 1 fully saturated rings. The number of amides is 2. The highest BCUT2D eigenvalue weighted by Crippen LogP contribution is 2.22. The van der Waals surface area contributed by atoms with E-state index in [1.807, 2.05) is 0 Å². The maximum Gasteiger partial charge on any atom is 0.220 e. The molecule has 24 nitrogen and oxygen atoms in total. The second-order valence-electron chi connectivity index (χ2n) is 14.1. The van der Waals surface area contributed by atoms with Gasteiger partial charge in [-0.25, -0.2) is 0 Å². The van der Waals surface area contributed by atoms with Crippen LogP contribution in [0.2, 0.25) is 0 Å². The molecule has 24 heteroatoms. The molecule has 5 unspecified atom stereocenters. The highest BCUT2D eigenvalue weighted by Gasteiger charge is 2.45. The minimum absolute atomic E-state index is 0.0416. The van der Waals surface area contributed by atoms with Gasteiger partial charge < -0.3 is 98.1 Å². The molecule has 5 atom stereocenters. The van der Waals surface area contributed by atoms with Crippen LogP contribution in [0.4, 0.5) is 0 Å². The van der Waals surface area contributed by atoms with E-state index in [0.717, 1.165) is 0 Å². The first-order valence-corrected chi connectivity index (χ1v) is 22.1. The van der Waals surface area contributed by atoms with Crippen LogP contribution in [0.15, 0.2) is 11.9 Å². The summed E-state index contributed by atoms with van der Waals surface area (Å²) in [5.41, 5.74) is 6.45. The van der Waals surface area contributed by atoms with E-state index in [4.69, 9.17) is 66.7 Å². The summed E-state index contributed by atoms with van der Waals surface area (Å²) in [5.74, 6) is -0.559. The van der Waals surface area contributed by atoms with Gasteiger partial charge in [0.1, 0.15) is 24.4 Å². The summed E-state index contributed by atoms with van der Waals surface area (Å²) in [6.07, 6.45) is -1.74. The first-order chi connectivity index (χ1) is 31.3. The van der Waals surface area contributed by atoms with Crippen LogP contribution in [0.25, 0.3) is 0 Å². The number of aliphatic hydroxyl groups is 4. The second kappa shape index (κ2) is 40.8. The third-order valence-electron chi connectivity index (χ3n) is 8.94. The molecule has 8 N–H and O–H groups in total. The molecule has 64 heavy (non-hydrogen) atoms. The van der Waals surface area contributed by atoms with E-state index < -0.39 is 43.2 Å². The lowest BCUT2D eigenvalue weighted by Gasteiger charge is -2.42. The number of carbonyl (C=O) groups is 2. The zero-order valence-electron chi connectivity index (χ0n) is 37.5. The summed E-state index contributed by atoms with van der Waals surface area (Å²) < 4.78 is 71.5. The molecule has 2 aliphatic rings. The van der Waals surface area contributed by atoms with Crippen molar-refractivity contribution in [2.24, 2.45) is 0 Å². The second-order valence-corrected chi connectivity index (χ2v) is 14.1. The summed E-state index contributed by atoms with van der Waals surface area (Å²) in [5, 5.41) is 45.9. The fourth-order valence-corrected chi connectivity index (χ4v) is 5.61. The number of nitrogens with zero attached hydrogens (tertiary/aromatic N) is 1. The van der Waals surface area contributed by atoms with Gasteiger partial charge >= 0.3 is 0 Å². The third kappa shape index (κ3) is 30.7.